The summed E-state index contributed by atoms with van der Waals surface area (Å²) < 4.78 is 0. The van der Waals surface area contributed by atoms with Gasteiger partial charge in [-0.3, -0.25) is 0 Å². The van der Waals surface area contributed by atoms with Crippen molar-refractivity contribution in [3.63, 3.8) is 0 Å². The molecule has 0 atom stereocenters. The molecule has 0 radical (unpaired) electrons. The van der Waals surface area contributed by atoms with Crippen molar-refractivity contribution in [1.82, 2.24) is 10.2 Å². The van der Waals surface area contributed by atoms with Gasteiger partial charge in [0.15, 0.2) is 0 Å². The smallest absolute Gasteiger partial charge is 0.0718 e. The minimum absolute atomic E-state index is 0.228. The molecule has 0 saturated carbocycles. The summed E-state index contributed by atoms with van der Waals surface area (Å²) in [6, 6.07) is 0.527. The number of nitrogens with one attached hydrogen (secondary N) is 1. The minimum Gasteiger partial charge on any atom is -0.389 e. The van der Waals surface area contributed by atoms with Gasteiger partial charge in [-0.25, -0.2) is 0 Å². The third-order valence-electron chi connectivity index (χ3n) is 2.70. The van der Waals surface area contributed by atoms with E-state index in [1.807, 2.05) is 13.8 Å². The van der Waals surface area contributed by atoms with E-state index in [0.29, 0.717) is 6.04 Å². The second-order valence-corrected chi connectivity index (χ2v) is 6.82. The number of rotatable bonds is 8. The second-order valence-electron chi connectivity index (χ2n) is 6.82. The molecule has 0 aliphatic rings. The summed E-state index contributed by atoms with van der Waals surface area (Å²) in [4.78, 5) is 2.32. The number of likely N-dealkylation sites (N-methyl/N-ethyl adjacent to an activating group) is 1. The highest BCUT2D eigenvalue weighted by Crippen LogP contribution is 2.17. The zero-order valence-electron chi connectivity index (χ0n) is 12.8. The van der Waals surface area contributed by atoms with E-state index in [1.54, 1.807) is 0 Å². The number of hydrogen-bond acceptors (Lipinski definition) is 3. The van der Waals surface area contributed by atoms with Gasteiger partial charge in [0, 0.05) is 25.7 Å². The summed E-state index contributed by atoms with van der Waals surface area (Å²) >= 11 is 0. The molecule has 0 aromatic heterocycles. The Morgan fingerprint density at radius 1 is 1.12 bits per heavy atom. The molecular weight excluding hydrogens is 212 g/mol. The van der Waals surface area contributed by atoms with E-state index in [4.69, 9.17) is 0 Å². The van der Waals surface area contributed by atoms with Crippen LogP contribution >= 0.6 is 0 Å². The van der Waals surface area contributed by atoms with Crippen LogP contribution < -0.4 is 5.32 Å². The molecule has 3 nitrogen and oxygen atoms in total. The summed E-state index contributed by atoms with van der Waals surface area (Å²) in [7, 11) is 0. The van der Waals surface area contributed by atoms with Gasteiger partial charge in [0.1, 0.15) is 0 Å². The number of aliphatic hydroxyl groups is 1. The second kappa shape index (κ2) is 6.72. The first-order valence-electron chi connectivity index (χ1n) is 6.74. The Balaban J connectivity index is 4.24. The Kier molecular flexibility index (Phi) is 6.67. The van der Waals surface area contributed by atoms with Crippen LogP contribution in [0.1, 0.15) is 48.5 Å². The van der Waals surface area contributed by atoms with Gasteiger partial charge in [0.2, 0.25) is 0 Å². The number of nitrogens with zero attached hydrogens (tertiary/aromatic N) is 1. The third-order valence-corrected chi connectivity index (χ3v) is 2.70. The molecule has 0 amide bonds. The van der Waals surface area contributed by atoms with Crippen LogP contribution in [0.5, 0.6) is 0 Å². The van der Waals surface area contributed by atoms with Crippen LogP contribution in [-0.2, 0) is 0 Å². The molecule has 0 aromatic rings. The maximum Gasteiger partial charge on any atom is 0.0718 e. The van der Waals surface area contributed by atoms with Crippen LogP contribution in [0.4, 0.5) is 0 Å². The van der Waals surface area contributed by atoms with Crippen LogP contribution in [-0.4, -0.2) is 47.8 Å². The third kappa shape index (κ3) is 9.57. The van der Waals surface area contributed by atoms with Gasteiger partial charge in [-0.05, 0) is 25.8 Å². The molecule has 0 heterocycles. The normalized spacial score (nSPS) is 13.8. The molecule has 0 rings (SSSR count). The number of hydrogen-bond donors (Lipinski definition) is 2. The highest BCUT2D eigenvalue weighted by atomic mass is 16.3. The van der Waals surface area contributed by atoms with Gasteiger partial charge in [0.05, 0.1) is 5.60 Å². The highest BCUT2D eigenvalue weighted by Gasteiger charge is 2.24. The molecule has 0 spiro atoms. The lowest BCUT2D eigenvalue weighted by molar-refractivity contribution is 0.0257. The Bertz CT molecular complexity index is 207. The molecule has 0 bridgehead atoms. The van der Waals surface area contributed by atoms with Gasteiger partial charge in [-0.2, -0.15) is 0 Å². The first kappa shape index (κ1) is 16.9. The molecule has 0 unspecified atom stereocenters. The highest BCUT2D eigenvalue weighted by molar-refractivity contribution is 4.80. The molecule has 0 fully saturated rings. The average molecular weight is 244 g/mol. The van der Waals surface area contributed by atoms with E-state index < -0.39 is 5.60 Å². The van der Waals surface area contributed by atoms with Crippen LogP contribution in [0.25, 0.3) is 0 Å². The topological polar surface area (TPSA) is 35.5 Å². The Labute approximate surface area is 108 Å². The predicted octanol–water partition coefficient (Wildman–Crippen LogP) is 2.10. The maximum atomic E-state index is 9.88. The van der Waals surface area contributed by atoms with Gasteiger partial charge in [-0.1, -0.05) is 34.6 Å². The molecular formula is C14H32N2O. The van der Waals surface area contributed by atoms with Crippen LogP contribution in [0, 0.1) is 5.41 Å². The molecule has 17 heavy (non-hydrogen) atoms. The molecule has 0 aliphatic carbocycles. The Morgan fingerprint density at radius 2 is 1.65 bits per heavy atom. The summed E-state index contributed by atoms with van der Waals surface area (Å²) in [5, 5.41) is 13.4. The molecule has 0 saturated heterocycles. The standard InChI is InChI=1S/C14H32N2O/c1-8-16(11-14(6,7)17)10-13(4,5)9-15-12(2)3/h12,15,17H,8-11H2,1-7H3. The minimum atomic E-state index is -0.614. The molecule has 3 heteroatoms. The lowest BCUT2D eigenvalue weighted by atomic mass is 9.91. The molecule has 104 valence electrons. The van der Waals surface area contributed by atoms with Gasteiger partial charge >= 0.3 is 0 Å². The summed E-state index contributed by atoms with van der Waals surface area (Å²) in [6.07, 6.45) is 0. The van der Waals surface area contributed by atoms with Crippen molar-refractivity contribution in [1.29, 1.82) is 0 Å². The summed E-state index contributed by atoms with van der Waals surface area (Å²) in [5.74, 6) is 0. The Morgan fingerprint density at radius 3 is 2.00 bits per heavy atom. The van der Waals surface area contributed by atoms with Crippen LogP contribution in [0.15, 0.2) is 0 Å². The summed E-state index contributed by atoms with van der Waals surface area (Å²) in [5.41, 5.74) is -0.386. The fraction of sp³-hybridized carbons (Fsp3) is 1.00. The maximum absolute atomic E-state index is 9.88. The van der Waals surface area contributed by atoms with Crippen LogP contribution in [0.3, 0.4) is 0 Å². The first-order valence-corrected chi connectivity index (χ1v) is 6.74. The lowest BCUT2D eigenvalue weighted by Crippen LogP contribution is -2.46. The zero-order chi connectivity index (χ0) is 13.7. The molecule has 0 aromatic carbocycles. The van der Waals surface area contributed by atoms with Crippen LogP contribution in [0.2, 0.25) is 0 Å². The van der Waals surface area contributed by atoms with Crippen molar-refractivity contribution in [3.8, 4) is 0 Å². The van der Waals surface area contributed by atoms with E-state index in [-0.39, 0.29) is 5.41 Å². The summed E-state index contributed by atoms with van der Waals surface area (Å²) in [6.45, 7) is 18.5. The van der Waals surface area contributed by atoms with Crippen molar-refractivity contribution in [3.05, 3.63) is 0 Å². The van der Waals surface area contributed by atoms with E-state index in [9.17, 15) is 5.11 Å². The van der Waals surface area contributed by atoms with Crippen molar-refractivity contribution >= 4 is 0 Å². The van der Waals surface area contributed by atoms with Gasteiger partial charge < -0.3 is 15.3 Å². The van der Waals surface area contributed by atoms with E-state index >= 15 is 0 Å². The molecule has 0 aliphatic heterocycles. The van der Waals surface area contributed by atoms with E-state index in [0.717, 1.165) is 26.2 Å². The van der Waals surface area contributed by atoms with E-state index in [2.05, 4.69) is 44.8 Å². The van der Waals surface area contributed by atoms with Gasteiger partial charge in [-0.15, -0.1) is 0 Å². The zero-order valence-corrected chi connectivity index (χ0v) is 12.8. The quantitative estimate of drug-likeness (QED) is 0.686. The van der Waals surface area contributed by atoms with E-state index in [1.165, 1.54) is 0 Å². The monoisotopic (exact) mass is 244 g/mol. The largest absolute Gasteiger partial charge is 0.389 e. The van der Waals surface area contributed by atoms with Crippen molar-refractivity contribution < 1.29 is 5.11 Å². The Hall–Kier alpha value is -0.120. The fourth-order valence-corrected chi connectivity index (χ4v) is 1.97. The molecule has 2 N–H and O–H groups in total. The predicted molar refractivity (Wildman–Crippen MR) is 75.3 cm³/mol. The van der Waals surface area contributed by atoms with Crippen molar-refractivity contribution in [2.24, 2.45) is 5.41 Å². The average Bonchev–Trinajstić information content (AvgIpc) is 2.11. The first-order chi connectivity index (χ1) is 7.56. The van der Waals surface area contributed by atoms with Crippen molar-refractivity contribution in [2.75, 3.05) is 26.2 Å². The van der Waals surface area contributed by atoms with Gasteiger partial charge in [0.25, 0.3) is 0 Å². The van der Waals surface area contributed by atoms with Crippen molar-refractivity contribution in [2.45, 2.75) is 60.1 Å². The lowest BCUT2D eigenvalue weighted by Gasteiger charge is -2.35. The SMILES string of the molecule is CCN(CC(C)(C)O)CC(C)(C)CNC(C)C. The fourth-order valence-electron chi connectivity index (χ4n) is 1.97.